The van der Waals surface area contributed by atoms with Crippen LogP contribution >= 0.6 is 23.2 Å². The summed E-state index contributed by atoms with van der Waals surface area (Å²) >= 11 is 12.1. The maximum Gasteiger partial charge on any atom is 0.124 e. The van der Waals surface area contributed by atoms with E-state index in [1.165, 1.54) is 0 Å². The zero-order valence-electron chi connectivity index (χ0n) is 13.4. The van der Waals surface area contributed by atoms with E-state index in [0.717, 1.165) is 42.9 Å². The largest absolute Gasteiger partial charge is 0.489 e. The van der Waals surface area contributed by atoms with Crippen molar-refractivity contribution in [2.75, 3.05) is 13.2 Å². The van der Waals surface area contributed by atoms with Gasteiger partial charge in [0.1, 0.15) is 12.4 Å². The Morgan fingerprint density at radius 2 is 2.00 bits per heavy atom. The van der Waals surface area contributed by atoms with Gasteiger partial charge < -0.3 is 14.8 Å². The highest BCUT2D eigenvalue weighted by atomic mass is 35.5. The first-order valence-electron chi connectivity index (χ1n) is 8.19. The van der Waals surface area contributed by atoms with Gasteiger partial charge >= 0.3 is 0 Å². The Labute approximate surface area is 152 Å². The standard InChI is InChI=1S/C19H21Cl2NO2/c20-16-4-1-3-14(9-16)13-24-19-7-6-17(21)10-15(19)11-22-12-18-5-2-8-23-18/h1,3-4,6-7,9-10,18,22H,2,5,8,11-13H2/t18-/m0/s1. The summed E-state index contributed by atoms with van der Waals surface area (Å²) in [5, 5.41) is 4.85. The average molecular weight is 366 g/mol. The number of nitrogens with one attached hydrogen (secondary N) is 1. The second kappa shape index (κ2) is 8.72. The highest BCUT2D eigenvalue weighted by Crippen LogP contribution is 2.24. The monoisotopic (exact) mass is 365 g/mol. The minimum absolute atomic E-state index is 0.319. The predicted octanol–water partition coefficient (Wildman–Crippen LogP) is 4.84. The molecule has 3 rings (SSSR count). The van der Waals surface area contributed by atoms with Crippen LogP contribution in [0.4, 0.5) is 0 Å². The molecule has 1 N–H and O–H groups in total. The lowest BCUT2D eigenvalue weighted by molar-refractivity contribution is 0.110. The van der Waals surface area contributed by atoms with Crippen molar-refractivity contribution in [1.29, 1.82) is 0 Å². The van der Waals surface area contributed by atoms with Gasteiger partial charge in [0.25, 0.3) is 0 Å². The van der Waals surface area contributed by atoms with Gasteiger partial charge in [0, 0.05) is 35.3 Å². The van der Waals surface area contributed by atoms with Crippen LogP contribution in [0.5, 0.6) is 5.75 Å². The van der Waals surface area contributed by atoms with Crippen LogP contribution in [0.1, 0.15) is 24.0 Å². The summed E-state index contributed by atoms with van der Waals surface area (Å²) in [5.41, 5.74) is 2.08. The highest BCUT2D eigenvalue weighted by molar-refractivity contribution is 6.30. The molecule has 0 amide bonds. The normalized spacial score (nSPS) is 17.2. The van der Waals surface area contributed by atoms with Crippen molar-refractivity contribution in [2.45, 2.75) is 32.1 Å². The quantitative estimate of drug-likeness (QED) is 0.761. The minimum atomic E-state index is 0.319. The molecule has 2 aromatic carbocycles. The number of halogens is 2. The maximum absolute atomic E-state index is 6.14. The number of benzene rings is 2. The van der Waals surface area contributed by atoms with Crippen LogP contribution in [-0.2, 0) is 17.9 Å². The number of hydrogen-bond donors (Lipinski definition) is 1. The van der Waals surface area contributed by atoms with Gasteiger partial charge in [-0.2, -0.15) is 0 Å². The van der Waals surface area contributed by atoms with E-state index in [9.17, 15) is 0 Å². The van der Waals surface area contributed by atoms with Crippen LogP contribution in [0.3, 0.4) is 0 Å². The first-order valence-corrected chi connectivity index (χ1v) is 8.94. The third-order valence-corrected chi connectivity index (χ3v) is 4.49. The van der Waals surface area contributed by atoms with Crippen LogP contribution in [-0.4, -0.2) is 19.3 Å². The number of ether oxygens (including phenoxy) is 2. The topological polar surface area (TPSA) is 30.5 Å². The molecular formula is C19H21Cl2NO2. The molecule has 1 aliphatic heterocycles. The molecule has 128 valence electrons. The molecule has 0 bridgehead atoms. The summed E-state index contributed by atoms with van der Waals surface area (Å²) in [7, 11) is 0. The third kappa shape index (κ3) is 5.12. The Balaban J connectivity index is 1.59. The maximum atomic E-state index is 6.14. The predicted molar refractivity (Wildman–Crippen MR) is 97.9 cm³/mol. The molecule has 0 aromatic heterocycles. The molecule has 1 aliphatic rings. The molecule has 0 saturated carbocycles. The summed E-state index contributed by atoms with van der Waals surface area (Å²) in [6.07, 6.45) is 2.60. The molecule has 5 heteroatoms. The van der Waals surface area contributed by atoms with E-state index in [0.29, 0.717) is 29.3 Å². The number of hydrogen-bond acceptors (Lipinski definition) is 3. The molecule has 0 aliphatic carbocycles. The zero-order chi connectivity index (χ0) is 16.8. The van der Waals surface area contributed by atoms with E-state index in [1.54, 1.807) is 0 Å². The molecule has 0 radical (unpaired) electrons. The second-order valence-electron chi connectivity index (χ2n) is 5.94. The van der Waals surface area contributed by atoms with E-state index >= 15 is 0 Å². The fraction of sp³-hybridized carbons (Fsp3) is 0.368. The van der Waals surface area contributed by atoms with E-state index in [2.05, 4.69) is 5.32 Å². The average Bonchev–Trinajstić information content (AvgIpc) is 3.07. The van der Waals surface area contributed by atoms with Crippen molar-refractivity contribution in [3.8, 4) is 5.75 Å². The van der Waals surface area contributed by atoms with Crippen molar-refractivity contribution in [3.63, 3.8) is 0 Å². The Bertz CT molecular complexity index is 672. The zero-order valence-corrected chi connectivity index (χ0v) is 14.9. The van der Waals surface area contributed by atoms with E-state index in [-0.39, 0.29) is 0 Å². The Morgan fingerprint density at radius 3 is 2.79 bits per heavy atom. The molecule has 0 spiro atoms. The molecule has 24 heavy (non-hydrogen) atoms. The van der Waals surface area contributed by atoms with Gasteiger partial charge in [-0.3, -0.25) is 0 Å². The molecule has 1 fully saturated rings. The molecule has 1 saturated heterocycles. The Hall–Kier alpha value is -1.26. The molecule has 1 heterocycles. The van der Waals surface area contributed by atoms with Crippen LogP contribution in [0.25, 0.3) is 0 Å². The highest BCUT2D eigenvalue weighted by Gasteiger charge is 2.15. The first-order chi connectivity index (χ1) is 11.7. The SMILES string of the molecule is Clc1cccc(COc2ccc(Cl)cc2CNC[C@@H]2CCCO2)c1. The van der Waals surface area contributed by atoms with Gasteiger partial charge in [0.05, 0.1) is 6.10 Å². The summed E-state index contributed by atoms with van der Waals surface area (Å²) in [6.45, 7) is 2.89. The lowest BCUT2D eigenvalue weighted by atomic mass is 10.2. The van der Waals surface area contributed by atoms with Crippen LogP contribution in [0.15, 0.2) is 42.5 Å². The summed E-state index contributed by atoms with van der Waals surface area (Å²) < 4.78 is 11.6. The Kier molecular flexibility index (Phi) is 6.38. The van der Waals surface area contributed by atoms with Crippen molar-refractivity contribution >= 4 is 23.2 Å². The first kappa shape index (κ1) is 17.6. The second-order valence-corrected chi connectivity index (χ2v) is 6.81. The minimum Gasteiger partial charge on any atom is -0.489 e. The van der Waals surface area contributed by atoms with Crippen molar-refractivity contribution in [3.05, 3.63) is 63.6 Å². The Morgan fingerprint density at radius 1 is 1.12 bits per heavy atom. The van der Waals surface area contributed by atoms with Crippen molar-refractivity contribution in [2.24, 2.45) is 0 Å². The van der Waals surface area contributed by atoms with Crippen LogP contribution in [0.2, 0.25) is 10.0 Å². The molecule has 0 unspecified atom stereocenters. The van der Waals surface area contributed by atoms with Gasteiger partial charge in [-0.25, -0.2) is 0 Å². The van der Waals surface area contributed by atoms with Gasteiger partial charge in [0.15, 0.2) is 0 Å². The number of rotatable bonds is 7. The van der Waals surface area contributed by atoms with E-state index in [4.69, 9.17) is 32.7 Å². The van der Waals surface area contributed by atoms with E-state index in [1.807, 2.05) is 42.5 Å². The molecule has 3 nitrogen and oxygen atoms in total. The summed E-state index contributed by atoms with van der Waals surface area (Å²) in [5.74, 6) is 0.833. The van der Waals surface area contributed by atoms with Crippen LogP contribution in [0, 0.1) is 0 Å². The van der Waals surface area contributed by atoms with Crippen molar-refractivity contribution in [1.82, 2.24) is 5.32 Å². The lowest BCUT2D eigenvalue weighted by Crippen LogP contribution is -2.26. The van der Waals surface area contributed by atoms with Crippen molar-refractivity contribution < 1.29 is 9.47 Å². The fourth-order valence-corrected chi connectivity index (χ4v) is 3.20. The summed E-state index contributed by atoms with van der Waals surface area (Å²) in [4.78, 5) is 0. The van der Waals surface area contributed by atoms with Gasteiger partial charge in [-0.05, 0) is 48.7 Å². The van der Waals surface area contributed by atoms with Gasteiger partial charge in [0.2, 0.25) is 0 Å². The molecule has 2 aromatic rings. The van der Waals surface area contributed by atoms with Gasteiger partial charge in [-0.1, -0.05) is 35.3 Å². The lowest BCUT2D eigenvalue weighted by Gasteiger charge is -2.15. The smallest absolute Gasteiger partial charge is 0.124 e. The fourth-order valence-electron chi connectivity index (χ4n) is 2.79. The summed E-state index contributed by atoms with van der Waals surface area (Å²) in [6, 6.07) is 13.4. The molecule has 1 atom stereocenters. The third-order valence-electron chi connectivity index (χ3n) is 4.02. The van der Waals surface area contributed by atoms with E-state index < -0.39 is 0 Å². The molecular weight excluding hydrogens is 345 g/mol. The van der Waals surface area contributed by atoms with Gasteiger partial charge in [-0.15, -0.1) is 0 Å². The van der Waals surface area contributed by atoms with Crippen LogP contribution < -0.4 is 10.1 Å².